The molecule has 0 saturated heterocycles. The van der Waals surface area contributed by atoms with Gasteiger partial charge in [0.1, 0.15) is 18.0 Å². The molecule has 0 unspecified atom stereocenters. The van der Waals surface area contributed by atoms with E-state index < -0.39 is 11.5 Å². The van der Waals surface area contributed by atoms with Gasteiger partial charge in [-0.3, -0.25) is 4.79 Å². The lowest BCUT2D eigenvalue weighted by Crippen LogP contribution is -2.20. The summed E-state index contributed by atoms with van der Waals surface area (Å²) in [5.74, 6) is -0.973. The van der Waals surface area contributed by atoms with Crippen molar-refractivity contribution in [3.8, 4) is 0 Å². The first-order chi connectivity index (χ1) is 7.00. The zero-order chi connectivity index (χ0) is 11.4. The smallest absolute Gasteiger partial charge is 0.342 e. The van der Waals surface area contributed by atoms with Gasteiger partial charge in [-0.05, 0) is 13.8 Å². The highest BCUT2D eigenvalue weighted by Crippen LogP contribution is 1.96. The van der Waals surface area contributed by atoms with Crippen LogP contribution in [0.25, 0.3) is 0 Å². The number of carboxylic acid groups (broad SMARTS) is 1. The van der Waals surface area contributed by atoms with E-state index in [1.807, 2.05) is 13.8 Å². The first kappa shape index (κ1) is 11.4. The SMILES string of the molecule is CC(C)OCc1ncc(C(=O)O)c(=O)[nH]1. The fraction of sp³-hybridized carbons (Fsp3) is 0.444. The molecule has 0 aliphatic rings. The minimum Gasteiger partial charge on any atom is -0.477 e. The highest BCUT2D eigenvalue weighted by atomic mass is 16.5. The second-order valence-corrected chi connectivity index (χ2v) is 3.24. The quantitative estimate of drug-likeness (QED) is 0.753. The molecule has 15 heavy (non-hydrogen) atoms. The van der Waals surface area contributed by atoms with Crippen molar-refractivity contribution in [1.29, 1.82) is 0 Å². The average molecular weight is 212 g/mol. The molecule has 6 heteroatoms. The molecule has 1 aromatic heterocycles. The van der Waals surface area contributed by atoms with Crippen LogP contribution in [0.1, 0.15) is 30.0 Å². The Morgan fingerprint density at radius 3 is 2.80 bits per heavy atom. The highest BCUT2D eigenvalue weighted by Gasteiger charge is 2.09. The van der Waals surface area contributed by atoms with Gasteiger partial charge in [-0.2, -0.15) is 0 Å². The predicted molar refractivity (Wildman–Crippen MR) is 51.7 cm³/mol. The predicted octanol–water partition coefficient (Wildman–Crippen LogP) is 0.393. The second-order valence-electron chi connectivity index (χ2n) is 3.24. The van der Waals surface area contributed by atoms with Crippen molar-refractivity contribution >= 4 is 5.97 Å². The van der Waals surface area contributed by atoms with E-state index in [1.165, 1.54) is 0 Å². The summed E-state index contributed by atoms with van der Waals surface area (Å²) in [5.41, 5.74) is -1.04. The summed E-state index contributed by atoms with van der Waals surface area (Å²) in [6.07, 6.45) is 1.05. The van der Waals surface area contributed by atoms with Crippen LogP contribution in [0.5, 0.6) is 0 Å². The number of rotatable bonds is 4. The van der Waals surface area contributed by atoms with Crippen LogP contribution in [0.4, 0.5) is 0 Å². The summed E-state index contributed by atoms with van der Waals surface area (Å²) < 4.78 is 5.20. The number of H-pyrrole nitrogens is 1. The number of carbonyl (C=O) groups is 1. The van der Waals surface area contributed by atoms with Crippen molar-refractivity contribution in [3.05, 3.63) is 27.9 Å². The van der Waals surface area contributed by atoms with Gasteiger partial charge in [0.05, 0.1) is 6.10 Å². The zero-order valence-electron chi connectivity index (χ0n) is 8.48. The third kappa shape index (κ3) is 3.17. The lowest BCUT2D eigenvalue weighted by Gasteiger charge is -2.06. The Labute approximate surface area is 85.9 Å². The molecule has 1 aromatic rings. The van der Waals surface area contributed by atoms with Crippen LogP contribution < -0.4 is 5.56 Å². The van der Waals surface area contributed by atoms with Crippen LogP contribution in [-0.4, -0.2) is 27.1 Å². The summed E-state index contributed by atoms with van der Waals surface area (Å²) in [4.78, 5) is 27.8. The maximum Gasteiger partial charge on any atom is 0.342 e. The van der Waals surface area contributed by atoms with E-state index in [-0.39, 0.29) is 18.3 Å². The van der Waals surface area contributed by atoms with Crippen LogP contribution in [0, 0.1) is 0 Å². The van der Waals surface area contributed by atoms with Crippen molar-refractivity contribution in [1.82, 2.24) is 9.97 Å². The van der Waals surface area contributed by atoms with Crippen molar-refractivity contribution in [2.75, 3.05) is 0 Å². The van der Waals surface area contributed by atoms with Crippen LogP contribution in [-0.2, 0) is 11.3 Å². The molecular formula is C9H12N2O4. The van der Waals surface area contributed by atoms with Gasteiger partial charge < -0.3 is 14.8 Å². The Morgan fingerprint density at radius 2 is 2.33 bits per heavy atom. The fourth-order valence-corrected chi connectivity index (χ4v) is 0.903. The zero-order valence-corrected chi connectivity index (χ0v) is 8.48. The third-order valence-electron chi connectivity index (χ3n) is 1.64. The molecule has 0 fully saturated rings. The normalized spacial score (nSPS) is 10.6. The molecule has 82 valence electrons. The molecule has 0 aromatic carbocycles. The molecule has 6 nitrogen and oxygen atoms in total. The van der Waals surface area contributed by atoms with Gasteiger partial charge >= 0.3 is 5.97 Å². The molecule has 1 rings (SSSR count). The number of carboxylic acids is 1. The van der Waals surface area contributed by atoms with Crippen LogP contribution in [0.2, 0.25) is 0 Å². The minimum absolute atomic E-state index is 0.0226. The maximum absolute atomic E-state index is 11.2. The summed E-state index contributed by atoms with van der Waals surface area (Å²) in [5, 5.41) is 8.58. The Hall–Kier alpha value is -1.69. The van der Waals surface area contributed by atoms with Crippen LogP contribution in [0.15, 0.2) is 11.0 Å². The second kappa shape index (κ2) is 4.70. The molecule has 2 N–H and O–H groups in total. The first-order valence-electron chi connectivity index (χ1n) is 4.43. The highest BCUT2D eigenvalue weighted by molar-refractivity contribution is 5.86. The molecule has 0 atom stereocenters. The first-order valence-corrected chi connectivity index (χ1v) is 4.43. The Bertz CT molecular complexity index is 411. The average Bonchev–Trinajstić information content (AvgIpc) is 2.14. The lowest BCUT2D eigenvalue weighted by atomic mass is 10.3. The van der Waals surface area contributed by atoms with E-state index in [2.05, 4.69) is 9.97 Å². The van der Waals surface area contributed by atoms with Gasteiger partial charge in [-0.15, -0.1) is 0 Å². The van der Waals surface area contributed by atoms with Gasteiger partial charge in [0.2, 0.25) is 0 Å². The lowest BCUT2D eigenvalue weighted by molar-refractivity contribution is 0.0606. The number of nitrogens with one attached hydrogen (secondary N) is 1. The van der Waals surface area contributed by atoms with E-state index in [0.717, 1.165) is 6.20 Å². The number of aromatic amines is 1. The number of ether oxygens (including phenoxy) is 1. The van der Waals surface area contributed by atoms with Gasteiger partial charge in [-0.1, -0.05) is 0 Å². The molecule has 1 heterocycles. The molecule has 0 amide bonds. The van der Waals surface area contributed by atoms with Crippen molar-refractivity contribution < 1.29 is 14.6 Å². The van der Waals surface area contributed by atoms with Gasteiger partial charge in [0.15, 0.2) is 0 Å². The van der Waals surface area contributed by atoms with E-state index in [0.29, 0.717) is 5.82 Å². The molecule has 0 spiro atoms. The van der Waals surface area contributed by atoms with Crippen molar-refractivity contribution in [2.24, 2.45) is 0 Å². The monoisotopic (exact) mass is 212 g/mol. The number of nitrogens with zero attached hydrogens (tertiary/aromatic N) is 1. The van der Waals surface area contributed by atoms with Crippen LogP contribution in [0.3, 0.4) is 0 Å². The summed E-state index contributed by atoms with van der Waals surface area (Å²) in [6.45, 7) is 3.86. The van der Waals surface area contributed by atoms with E-state index in [4.69, 9.17) is 9.84 Å². The third-order valence-corrected chi connectivity index (χ3v) is 1.64. The number of hydrogen-bond donors (Lipinski definition) is 2. The molecule has 0 bridgehead atoms. The molecule has 0 radical (unpaired) electrons. The standard InChI is InChI=1S/C9H12N2O4/c1-5(2)15-4-7-10-3-6(9(13)14)8(12)11-7/h3,5H,4H2,1-2H3,(H,13,14)(H,10,11,12). The van der Waals surface area contributed by atoms with Crippen molar-refractivity contribution in [3.63, 3.8) is 0 Å². The topological polar surface area (TPSA) is 92.3 Å². The number of aromatic carboxylic acids is 1. The Kier molecular flexibility index (Phi) is 3.56. The van der Waals surface area contributed by atoms with Crippen LogP contribution >= 0.6 is 0 Å². The van der Waals surface area contributed by atoms with Crippen molar-refractivity contribution in [2.45, 2.75) is 26.6 Å². The maximum atomic E-state index is 11.2. The fourth-order valence-electron chi connectivity index (χ4n) is 0.903. The summed E-state index contributed by atoms with van der Waals surface area (Å²) in [6, 6.07) is 0. The largest absolute Gasteiger partial charge is 0.477 e. The molecular weight excluding hydrogens is 200 g/mol. The van der Waals surface area contributed by atoms with E-state index >= 15 is 0 Å². The molecule has 0 aliphatic heterocycles. The molecule has 0 aliphatic carbocycles. The molecule has 0 saturated carbocycles. The Balaban J connectivity index is 2.83. The summed E-state index contributed by atoms with van der Waals surface area (Å²) in [7, 11) is 0. The van der Waals surface area contributed by atoms with Gasteiger partial charge in [0.25, 0.3) is 5.56 Å². The number of aromatic nitrogens is 2. The van der Waals surface area contributed by atoms with Gasteiger partial charge in [-0.25, -0.2) is 9.78 Å². The van der Waals surface area contributed by atoms with E-state index in [1.54, 1.807) is 0 Å². The van der Waals surface area contributed by atoms with E-state index in [9.17, 15) is 9.59 Å². The van der Waals surface area contributed by atoms with Gasteiger partial charge in [0, 0.05) is 6.20 Å². The number of hydrogen-bond acceptors (Lipinski definition) is 4. The Morgan fingerprint density at radius 1 is 1.67 bits per heavy atom. The summed E-state index contributed by atoms with van der Waals surface area (Å²) >= 11 is 0. The minimum atomic E-state index is -1.29.